The quantitative estimate of drug-likeness (QED) is 0.825. The van der Waals surface area contributed by atoms with Crippen molar-refractivity contribution in [3.63, 3.8) is 0 Å². The van der Waals surface area contributed by atoms with E-state index in [0.717, 1.165) is 38.3 Å². The van der Waals surface area contributed by atoms with Crippen LogP contribution in [0.1, 0.15) is 25.3 Å². The van der Waals surface area contributed by atoms with Crippen LogP contribution in [-0.4, -0.2) is 48.4 Å². The molecule has 1 amide bonds. The Bertz CT molecular complexity index is 442. The van der Waals surface area contributed by atoms with Crippen LogP contribution in [-0.2, 0) is 11.2 Å². The fraction of sp³-hybridized carbons (Fsp3) is 0.562. The molecule has 0 bridgehead atoms. The van der Waals surface area contributed by atoms with Gasteiger partial charge in [0.2, 0.25) is 5.91 Å². The summed E-state index contributed by atoms with van der Waals surface area (Å²) in [5, 5.41) is 0. The van der Waals surface area contributed by atoms with Gasteiger partial charge in [-0.2, -0.15) is 0 Å². The molecule has 0 radical (unpaired) electrons. The van der Waals surface area contributed by atoms with Gasteiger partial charge in [0.05, 0.1) is 6.42 Å². The highest BCUT2D eigenvalue weighted by molar-refractivity contribution is 5.78. The fourth-order valence-electron chi connectivity index (χ4n) is 2.54. The highest BCUT2D eigenvalue weighted by Crippen LogP contribution is 2.09. The molecule has 0 unspecified atom stereocenters. The number of nitrogens with zero attached hydrogens (tertiary/aromatic N) is 2. The van der Waals surface area contributed by atoms with Gasteiger partial charge in [0.1, 0.15) is 5.82 Å². The lowest BCUT2D eigenvalue weighted by Crippen LogP contribution is -2.49. The summed E-state index contributed by atoms with van der Waals surface area (Å²) >= 11 is 0. The van der Waals surface area contributed by atoms with Gasteiger partial charge in [-0.05, 0) is 30.7 Å². The summed E-state index contributed by atoms with van der Waals surface area (Å²) in [7, 11) is 0. The number of halogens is 1. The van der Waals surface area contributed by atoms with Crippen LogP contribution in [0.3, 0.4) is 0 Å². The minimum atomic E-state index is -0.278. The standard InChI is InChI=1S/C16H23FN2O/c1-2-3-7-18-8-10-19(11-9-18)16(20)13-14-5-4-6-15(17)12-14/h4-6,12H,2-3,7-11,13H2,1H3. The van der Waals surface area contributed by atoms with E-state index in [9.17, 15) is 9.18 Å². The van der Waals surface area contributed by atoms with E-state index in [-0.39, 0.29) is 11.7 Å². The number of carbonyl (C=O) groups is 1. The van der Waals surface area contributed by atoms with E-state index in [1.54, 1.807) is 12.1 Å². The van der Waals surface area contributed by atoms with Gasteiger partial charge in [-0.1, -0.05) is 25.5 Å². The molecule has 1 aliphatic heterocycles. The van der Waals surface area contributed by atoms with Crippen LogP contribution >= 0.6 is 0 Å². The Balaban J connectivity index is 1.80. The van der Waals surface area contributed by atoms with Crippen molar-refractivity contribution in [2.45, 2.75) is 26.2 Å². The zero-order valence-corrected chi connectivity index (χ0v) is 12.1. The molecular weight excluding hydrogens is 255 g/mol. The molecule has 0 saturated carbocycles. The largest absolute Gasteiger partial charge is 0.340 e. The van der Waals surface area contributed by atoms with Crippen molar-refractivity contribution in [3.05, 3.63) is 35.6 Å². The summed E-state index contributed by atoms with van der Waals surface area (Å²) in [5.41, 5.74) is 0.753. The molecule has 1 saturated heterocycles. The Hall–Kier alpha value is -1.42. The van der Waals surface area contributed by atoms with Gasteiger partial charge in [-0.15, -0.1) is 0 Å². The van der Waals surface area contributed by atoms with Gasteiger partial charge in [-0.25, -0.2) is 4.39 Å². The van der Waals surface area contributed by atoms with Crippen molar-refractivity contribution < 1.29 is 9.18 Å². The summed E-state index contributed by atoms with van der Waals surface area (Å²) in [5.74, 6) is -0.176. The molecule has 20 heavy (non-hydrogen) atoms. The van der Waals surface area contributed by atoms with Crippen LogP contribution in [0.5, 0.6) is 0 Å². The van der Waals surface area contributed by atoms with E-state index in [0.29, 0.717) is 6.42 Å². The lowest BCUT2D eigenvalue weighted by Gasteiger charge is -2.34. The van der Waals surface area contributed by atoms with Crippen molar-refractivity contribution in [2.75, 3.05) is 32.7 Å². The predicted molar refractivity (Wildman–Crippen MR) is 78.0 cm³/mol. The molecule has 1 fully saturated rings. The minimum absolute atomic E-state index is 0.103. The molecule has 4 heteroatoms. The lowest BCUT2D eigenvalue weighted by atomic mass is 10.1. The van der Waals surface area contributed by atoms with Crippen LogP contribution < -0.4 is 0 Å². The van der Waals surface area contributed by atoms with Crippen LogP contribution in [0.15, 0.2) is 24.3 Å². The molecular formula is C16H23FN2O. The molecule has 1 aromatic rings. The third-order valence-corrected chi connectivity index (χ3v) is 3.80. The topological polar surface area (TPSA) is 23.6 Å². The summed E-state index contributed by atoms with van der Waals surface area (Å²) < 4.78 is 13.1. The fourth-order valence-corrected chi connectivity index (χ4v) is 2.54. The first kappa shape index (κ1) is 15.0. The molecule has 2 rings (SSSR count). The monoisotopic (exact) mass is 278 g/mol. The predicted octanol–water partition coefficient (Wildman–Crippen LogP) is 2.31. The maximum atomic E-state index is 13.1. The number of rotatable bonds is 5. The number of piperazine rings is 1. The van der Waals surface area contributed by atoms with E-state index in [4.69, 9.17) is 0 Å². The first-order valence-corrected chi connectivity index (χ1v) is 7.43. The summed E-state index contributed by atoms with van der Waals surface area (Å²) in [4.78, 5) is 16.5. The minimum Gasteiger partial charge on any atom is -0.340 e. The highest BCUT2D eigenvalue weighted by Gasteiger charge is 2.20. The number of hydrogen-bond acceptors (Lipinski definition) is 2. The number of amides is 1. The zero-order chi connectivity index (χ0) is 14.4. The molecule has 0 aromatic heterocycles. The molecule has 3 nitrogen and oxygen atoms in total. The van der Waals surface area contributed by atoms with Gasteiger partial charge in [-0.3, -0.25) is 9.69 Å². The van der Waals surface area contributed by atoms with E-state index < -0.39 is 0 Å². The van der Waals surface area contributed by atoms with Crippen molar-refractivity contribution in [3.8, 4) is 0 Å². The second-order valence-corrected chi connectivity index (χ2v) is 5.38. The SMILES string of the molecule is CCCCN1CCN(C(=O)Cc2cccc(F)c2)CC1. The van der Waals surface area contributed by atoms with E-state index in [2.05, 4.69) is 11.8 Å². The Morgan fingerprint density at radius 2 is 2.00 bits per heavy atom. The average Bonchev–Trinajstić information content (AvgIpc) is 2.45. The molecule has 1 aromatic carbocycles. The molecule has 1 aliphatic rings. The number of carbonyl (C=O) groups excluding carboxylic acids is 1. The van der Waals surface area contributed by atoms with Gasteiger partial charge in [0.15, 0.2) is 0 Å². The van der Waals surface area contributed by atoms with Crippen LogP contribution in [0.25, 0.3) is 0 Å². The van der Waals surface area contributed by atoms with E-state index >= 15 is 0 Å². The van der Waals surface area contributed by atoms with E-state index in [1.807, 2.05) is 4.90 Å². The van der Waals surface area contributed by atoms with Gasteiger partial charge >= 0.3 is 0 Å². The Morgan fingerprint density at radius 3 is 2.65 bits per heavy atom. The molecule has 0 spiro atoms. The van der Waals surface area contributed by atoms with Crippen molar-refractivity contribution >= 4 is 5.91 Å². The molecule has 0 atom stereocenters. The first-order valence-electron chi connectivity index (χ1n) is 7.43. The Kier molecular flexibility index (Phi) is 5.53. The number of benzene rings is 1. The summed E-state index contributed by atoms with van der Waals surface area (Å²) in [6, 6.07) is 6.30. The maximum Gasteiger partial charge on any atom is 0.227 e. The number of unbranched alkanes of at least 4 members (excludes halogenated alkanes) is 1. The first-order chi connectivity index (χ1) is 9.69. The third-order valence-electron chi connectivity index (χ3n) is 3.80. The van der Waals surface area contributed by atoms with Crippen LogP contribution in [0, 0.1) is 5.82 Å². The van der Waals surface area contributed by atoms with Crippen molar-refractivity contribution in [2.24, 2.45) is 0 Å². The maximum absolute atomic E-state index is 13.1. The second-order valence-electron chi connectivity index (χ2n) is 5.38. The summed E-state index contributed by atoms with van der Waals surface area (Å²) in [6.45, 7) is 6.81. The average molecular weight is 278 g/mol. The van der Waals surface area contributed by atoms with Crippen molar-refractivity contribution in [1.29, 1.82) is 0 Å². The third kappa shape index (κ3) is 4.30. The van der Waals surface area contributed by atoms with Gasteiger partial charge in [0, 0.05) is 26.2 Å². The van der Waals surface area contributed by atoms with Crippen LogP contribution in [0.4, 0.5) is 4.39 Å². The Labute approximate surface area is 120 Å². The molecule has 110 valence electrons. The van der Waals surface area contributed by atoms with Crippen molar-refractivity contribution in [1.82, 2.24) is 9.80 Å². The van der Waals surface area contributed by atoms with Crippen LogP contribution in [0.2, 0.25) is 0 Å². The highest BCUT2D eigenvalue weighted by atomic mass is 19.1. The lowest BCUT2D eigenvalue weighted by molar-refractivity contribution is -0.132. The summed E-state index contributed by atoms with van der Waals surface area (Å²) in [6.07, 6.45) is 2.72. The van der Waals surface area contributed by atoms with Gasteiger partial charge in [0.25, 0.3) is 0 Å². The van der Waals surface area contributed by atoms with Gasteiger partial charge < -0.3 is 4.90 Å². The Morgan fingerprint density at radius 1 is 1.25 bits per heavy atom. The second kappa shape index (κ2) is 7.39. The zero-order valence-electron chi connectivity index (χ0n) is 12.1. The smallest absolute Gasteiger partial charge is 0.227 e. The van der Waals surface area contributed by atoms with E-state index in [1.165, 1.54) is 25.0 Å². The number of hydrogen-bond donors (Lipinski definition) is 0. The normalized spacial score (nSPS) is 16.4. The molecule has 0 aliphatic carbocycles. The molecule has 0 N–H and O–H groups in total. The molecule has 1 heterocycles.